The Morgan fingerprint density at radius 3 is 2.43 bits per heavy atom. The first-order valence-electron chi connectivity index (χ1n) is 2.85. The molecule has 0 nitrogen and oxygen atoms in total. The molecule has 0 radical (unpaired) electrons. The predicted molar refractivity (Wildman–Crippen MR) is 43.5 cm³/mol. The van der Waals surface area contributed by atoms with Gasteiger partial charge < -0.3 is 0 Å². The molecule has 1 heteroatoms. The van der Waals surface area contributed by atoms with Gasteiger partial charge in [-0.1, -0.05) is 0 Å². The van der Waals surface area contributed by atoms with Crippen molar-refractivity contribution in [3.8, 4) is 0 Å². The van der Waals surface area contributed by atoms with E-state index in [0.717, 1.165) is 0 Å². The van der Waals surface area contributed by atoms with E-state index in [1.54, 1.807) is 17.3 Å². The van der Waals surface area contributed by atoms with Gasteiger partial charge in [0.05, 0.1) is 0 Å². The van der Waals surface area contributed by atoms with Crippen LogP contribution in [0.15, 0.2) is 0 Å². The molecular weight excluding hydrogens is 199 g/mol. The maximum atomic E-state index is 2.52. The van der Waals surface area contributed by atoms with Crippen molar-refractivity contribution in [1.29, 1.82) is 0 Å². The number of hydrogen-bond acceptors (Lipinski definition) is 0. The van der Waals surface area contributed by atoms with Crippen molar-refractivity contribution < 1.29 is 0 Å². The second-order valence-electron chi connectivity index (χ2n) is 2.25. The van der Waals surface area contributed by atoms with E-state index < -0.39 is 0 Å². The first kappa shape index (κ1) is 5.86. The van der Waals surface area contributed by atoms with E-state index in [-0.39, 0.29) is 19.8 Å². The van der Waals surface area contributed by atoms with Crippen LogP contribution in [0.1, 0.15) is 19.8 Å². The zero-order valence-corrected chi connectivity index (χ0v) is 7.23. The molecule has 1 atom stereocenters. The molecule has 0 aromatic rings. The van der Waals surface area contributed by atoms with Crippen LogP contribution in [0.2, 0.25) is 0 Å². The average Bonchev–Trinajstić information content (AvgIpc) is 1.91. The Balaban J connectivity index is 2.33. The first-order valence-corrected chi connectivity index (χ1v) is 7.78. The molecule has 1 aliphatic rings. The molecule has 0 aromatic carbocycles. The van der Waals surface area contributed by atoms with Crippen LogP contribution in [0.4, 0.5) is 0 Å². The molecule has 0 aliphatic carbocycles. The van der Waals surface area contributed by atoms with Crippen LogP contribution in [0, 0.1) is 0 Å². The molecule has 44 valence electrons. The van der Waals surface area contributed by atoms with Crippen molar-refractivity contribution in [1.82, 2.24) is 0 Å². The van der Waals surface area contributed by atoms with Crippen molar-refractivity contribution in [2.45, 2.75) is 23.7 Å². The molecule has 1 fully saturated rings. The summed E-state index contributed by atoms with van der Waals surface area (Å²) in [5.41, 5.74) is 0. The topological polar surface area (TPSA) is 0 Å². The minimum atomic E-state index is -0.292. The van der Waals surface area contributed by atoms with E-state index in [9.17, 15) is 0 Å². The monoisotopic (exact) mass is 212 g/mol. The van der Waals surface area contributed by atoms with Crippen molar-refractivity contribution in [3.63, 3.8) is 0 Å². The van der Waals surface area contributed by atoms with Crippen LogP contribution >= 0.6 is 19.8 Å². The van der Waals surface area contributed by atoms with Gasteiger partial charge in [-0.2, -0.15) is 0 Å². The van der Waals surface area contributed by atoms with Crippen molar-refractivity contribution in [2.75, 3.05) is 9.36 Å². The molecule has 0 amide bonds. The third-order valence-electron chi connectivity index (χ3n) is 1.67. The Labute approximate surface area is 53.1 Å². The van der Waals surface area contributed by atoms with Crippen LogP contribution < -0.4 is 0 Å². The Morgan fingerprint density at radius 1 is 1.57 bits per heavy atom. The molecular formula is C6H13I. The summed E-state index contributed by atoms with van der Waals surface area (Å²) in [4.78, 5) is 2.52. The zero-order valence-electron chi connectivity index (χ0n) is 5.08. The van der Waals surface area contributed by atoms with Gasteiger partial charge in [-0.3, -0.25) is 0 Å². The van der Waals surface area contributed by atoms with Gasteiger partial charge in [0.25, 0.3) is 0 Å². The SMILES string of the molecule is C[C@H]1CCCI1C. The van der Waals surface area contributed by atoms with Crippen molar-refractivity contribution >= 4 is 19.8 Å². The van der Waals surface area contributed by atoms with E-state index in [2.05, 4.69) is 11.9 Å². The molecule has 1 rings (SSSR count). The standard InChI is InChI=1S/C6H13I/c1-6-4-3-5-7(6)2/h6H,3-5H2,1-2H3/t6-/m0/s1. The van der Waals surface area contributed by atoms with Crippen LogP contribution in [-0.2, 0) is 0 Å². The minimum absolute atomic E-state index is 0.292. The summed E-state index contributed by atoms with van der Waals surface area (Å²) in [5.74, 6) is 0. The summed E-state index contributed by atoms with van der Waals surface area (Å²) < 4.78 is 2.80. The van der Waals surface area contributed by atoms with E-state index in [1.165, 1.54) is 3.92 Å². The number of hydrogen-bond donors (Lipinski definition) is 0. The molecule has 1 saturated heterocycles. The molecule has 0 N–H and O–H groups in total. The summed E-state index contributed by atoms with van der Waals surface area (Å²) in [6.07, 6.45) is 3.09. The summed E-state index contributed by atoms with van der Waals surface area (Å²) in [6.45, 7) is 2.43. The predicted octanol–water partition coefficient (Wildman–Crippen LogP) is 2.30. The van der Waals surface area contributed by atoms with E-state index in [0.29, 0.717) is 0 Å². The van der Waals surface area contributed by atoms with E-state index in [1.807, 2.05) is 0 Å². The fourth-order valence-corrected chi connectivity index (χ4v) is 5.15. The Morgan fingerprint density at radius 2 is 2.29 bits per heavy atom. The fourth-order valence-electron chi connectivity index (χ4n) is 0.942. The molecule has 1 heterocycles. The summed E-state index contributed by atoms with van der Waals surface area (Å²) in [5, 5.41) is 0. The van der Waals surface area contributed by atoms with Gasteiger partial charge in [0.15, 0.2) is 0 Å². The third-order valence-corrected chi connectivity index (χ3v) is 8.39. The summed E-state index contributed by atoms with van der Waals surface area (Å²) in [7, 11) is 0. The average molecular weight is 212 g/mol. The van der Waals surface area contributed by atoms with Crippen LogP contribution in [-0.4, -0.2) is 13.3 Å². The molecule has 0 bridgehead atoms. The van der Waals surface area contributed by atoms with Gasteiger partial charge >= 0.3 is 52.9 Å². The fraction of sp³-hybridized carbons (Fsp3) is 1.00. The van der Waals surface area contributed by atoms with Crippen LogP contribution in [0.3, 0.4) is 0 Å². The number of rotatable bonds is 0. The van der Waals surface area contributed by atoms with Crippen LogP contribution in [0.5, 0.6) is 0 Å². The Bertz CT molecular complexity index is 53.2. The van der Waals surface area contributed by atoms with Gasteiger partial charge in [-0.25, -0.2) is 0 Å². The van der Waals surface area contributed by atoms with Crippen LogP contribution in [0.25, 0.3) is 0 Å². The molecule has 0 spiro atoms. The normalized spacial score (nSPS) is 36.9. The summed E-state index contributed by atoms with van der Waals surface area (Å²) >= 11 is -0.292. The van der Waals surface area contributed by atoms with Gasteiger partial charge in [-0.05, 0) is 0 Å². The molecule has 0 aromatic heterocycles. The second-order valence-corrected chi connectivity index (χ2v) is 9.11. The summed E-state index contributed by atoms with van der Waals surface area (Å²) in [6, 6.07) is 0. The second kappa shape index (κ2) is 2.33. The van der Waals surface area contributed by atoms with Gasteiger partial charge in [0.1, 0.15) is 0 Å². The van der Waals surface area contributed by atoms with Crippen molar-refractivity contribution in [2.24, 2.45) is 0 Å². The quantitative estimate of drug-likeness (QED) is 0.427. The molecule has 0 saturated carbocycles. The molecule has 7 heavy (non-hydrogen) atoms. The Kier molecular flexibility index (Phi) is 1.95. The van der Waals surface area contributed by atoms with E-state index >= 15 is 0 Å². The van der Waals surface area contributed by atoms with Crippen molar-refractivity contribution in [3.05, 3.63) is 0 Å². The zero-order chi connectivity index (χ0) is 5.28. The van der Waals surface area contributed by atoms with E-state index in [4.69, 9.17) is 0 Å². The number of halogens is 1. The number of alkyl halides is 3. The first-order chi connectivity index (χ1) is 3.30. The maximum absolute atomic E-state index is 2.52. The Hall–Kier alpha value is 0.730. The van der Waals surface area contributed by atoms with Gasteiger partial charge in [-0.15, -0.1) is 0 Å². The van der Waals surface area contributed by atoms with Gasteiger partial charge in [0, 0.05) is 0 Å². The molecule has 1 aliphatic heterocycles. The van der Waals surface area contributed by atoms with Gasteiger partial charge in [0.2, 0.25) is 0 Å². The molecule has 0 unspecified atom stereocenters. The third kappa shape index (κ3) is 1.31.